The van der Waals surface area contributed by atoms with E-state index < -0.39 is 11.6 Å². The minimum absolute atomic E-state index is 0.0160. The van der Waals surface area contributed by atoms with E-state index in [-0.39, 0.29) is 11.1 Å². The Balaban J connectivity index is 2.58. The summed E-state index contributed by atoms with van der Waals surface area (Å²) < 4.78 is 31.7. The van der Waals surface area contributed by atoms with Crippen molar-refractivity contribution in [2.75, 3.05) is 7.11 Å². The molecular weight excluding hydrogens is 238 g/mol. The third-order valence-electron chi connectivity index (χ3n) is 2.59. The van der Waals surface area contributed by atoms with Gasteiger partial charge in [-0.3, -0.25) is 4.79 Å². The highest BCUT2D eigenvalue weighted by molar-refractivity contribution is 5.87. The summed E-state index contributed by atoms with van der Waals surface area (Å²) in [4.78, 5) is 10.9. The fraction of sp³-hybridized carbons (Fsp3) is 0.0714. The van der Waals surface area contributed by atoms with Crippen LogP contribution in [0.2, 0.25) is 0 Å². The molecule has 0 radical (unpaired) electrons. The van der Waals surface area contributed by atoms with Gasteiger partial charge in [0.25, 0.3) is 0 Å². The minimum Gasteiger partial charge on any atom is -0.497 e. The number of aldehydes is 1. The maximum atomic E-state index is 13.7. The van der Waals surface area contributed by atoms with Crippen LogP contribution in [0.15, 0.2) is 36.4 Å². The second-order valence-corrected chi connectivity index (χ2v) is 3.70. The molecule has 2 rings (SSSR count). The quantitative estimate of drug-likeness (QED) is 0.777. The Hall–Kier alpha value is -2.23. The predicted octanol–water partition coefficient (Wildman–Crippen LogP) is 3.45. The van der Waals surface area contributed by atoms with Crippen molar-refractivity contribution >= 4 is 6.29 Å². The second kappa shape index (κ2) is 4.96. The van der Waals surface area contributed by atoms with E-state index in [1.807, 2.05) is 0 Å². The molecule has 0 saturated heterocycles. The molecule has 18 heavy (non-hydrogen) atoms. The largest absolute Gasteiger partial charge is 0.497 e. The van der Waals surface area contributed by atoms with Crippen molar-refractivity contribution < 1.29 is 18.3 Å². The van der Waals surface area contributed by atoms with Crippen molar-refractivity contribution in [1.29, 1.82) is 0 Å². The summed E-state index contributed by atoms with van der Waals surface area (Å²) in [6.07, 6.45) is 0.436. The molecule has 4 heteroatoms. The van der Waals surface area contributed by atoms with Gasteiger partial charge in [-0.15, -0.1) is 0 Å². The first-order chi connectivity index (χ1) is 8.65. The van der Waals surface area contributed by atoms with Gasteiger partial charge in [-0.1, -0.05) is 12.1 Å². The van der Waals surface area contributed by atoms with Gasteiger partial charge >= 0.3 is 0 Å². The third-order valence-corrected chi connectivity index (χ3v) is 2.59. The molecular formula is C14H10F2O2. The van der Waals surface area contributed by atoms with Gasteiger partial charge in [-0.2, -0.15) is 0 Å². The van der Waals surface area contributed by atoms with Crippen molar-refractivity contribution in [2.45, 2.75) is 0 Å². The zero-order chi connectivity index (χ0) is 13.1. The van der Waals surface area contributed by atoms with Crippen LogP contribution in [-0.2, 0) is 0 Å². The van der Waals surface area contributed by atoms with Crippen LogP contribution in [0.5, 0.6) is 5.75 Å². The van der Waals surface area contributed by atoms with E-state index in [0.717, 1.165) is 12.1 Å². The van der Waals surface area contributed by atoms with Gasteiger partial charge in [0.05, 0.1) is 7.11 Å². The van der Waals surface area contributed by atoms with E-state index >= 15 is 0 Å². The van der Waals surface area contributed by atoms with Crippen LogP contribution >= 0.6 is 0 Å². The van der Waals surface area contributed by atoms with Crippen molar-refractivity contribution in [3.8, 4) is 16.9 Å². The monoisotopic (exact) mass is 248 g/mol. The zero-order valence-corrected chi connectivity index (χ0v) is 9.61. The molecule has 0 spiro atoms. The summed E-state index contributed by atoms with van der Waals surface area (Å²) >= 11 is 0. The lowest BCUT2D eigenvalue weighted by atomic mass is 9.99. The van der Waals surface area contributed by atoms with Crippen LogP contribution in [0, 0.1) is 11.6 Å². The van der Waals surface area contributed by atoms with Gasteiger partial charge in [0.2, 0.25) is 0 Å². The lowest BCUT2D eigenvalue weighted by molar-refractivity contribution is 0.112. The van der Waals surface area contributed by atoms with Crippen molar-refractivity contribution in [1.82, 2.24) is 0 Å². The molecule has 2 aromatic carbocycles. The Morgan fingerprint density at radius 2 is 1.78 bits per heavy atom. The Labute approximate surface area is 103 Å². The maximum absolute atomic E-state index is 13.7. The second-order valence-electron chi connectivity index (χ2n) is 3.70. The van der Waals surface area contributed by atoms with Crippen LogP contribution in [0.4, 0.5) is 8.78 Å². The zero-order valence-electron chi connectivity index (χ0n) is 9.61. The van der Waals surface area contributed by atoms with Gasteiger partial charge in [-0.05, 0) is 23.8 Å². The molecule has 0 heterocycles. The summed E-state index contributed by atoms with van der Waals surface area (Å²) in [5, 5.41) is 0. The summed E-state index contributed by atoms with van der Waals surface area (Å²) in [7, 11) is 1.52. The first-order valence-corrected chi connectivity index (χ1v) is 5.24. The van der Waals surface area contributed by atoms with E-state index in [9.17, 15) is 13.6 Å². The highest BCUT2D eigenvalue weighted by Crippen LogP contribution is 2.28. The van der Waals surface area contributed by atoms with Gasteiger partial charge in [0.15, 0.2) is 6.29 Å². The first-order valence-electron chi connectivity index (χ1n) is 5.24. The van der Waals surface area contributed by atoms with Crippen molar-refractivity contribution in [3.63, 3.8) is 0 Å². The van der Waals surface area contributed by atoms with E-state index in [2.05, 4.69) is 0 Å². The van der Waals surface area contributed by atoms with E-state index in [1.165, 1.54) is 7.11 Å². The fourth-order valence-electron chi connectivity index (χ4n) is 1.75. The molecule has 0 unspecified atom stereocenters. The highest BCUT2D eigenvalue weighted by Gasteiger charge is 2.12. The number of rotatable bonds is 3. The highest BCUT2D eigenvalue weighted by atomic mass is 19.1. The number of halogens is 2. The number of ether oxygens (including phenoxy) is 1. The molecule has 0 amide bonds. The third kappa shape index (κ3) is 2.22. The Bertz CT molecular complexity index is 577. The molecule has 0 aromatic heterocycles. The van der Waals surface area contributed by atoms with Crippen LogP contribution < -0.4 is 4.74 Å². The minimum atomic E-state index is -0.771. The average molecular weight is 248 g/mol. The molecule has 0 N–H and O–H groups in total. The molecule has 0 bridgehead atoms. The fourth-order valence-corrected chi connectivity index (χ4v) is 1.75. The lowest BCUT2D eigenvalue weighted by Crippen LogP contribution is -1.94. The van der Waals surface area contributed by atoms with Gasteiger partial charge in [0, 0.05) is 17.2 Å². The lowest BCUT2D eigenvalue weighted by Gasteiger charge is -2.08. The first kappa shape index (κ1) is 12.2. The van der Waals surface area contributed by atoms with Crippen molar-refractivity contribution in [2.24, 2.45) is 0 Å². The van der Waals surface area contributed by atoms with Crippen molar-refractivity contribution in [3.05, 3.63) is 53.6 Å². The molecule has 0 aliphatic heterocycles. The number of benzene rings is 2. The number of carbonyl (C=O) groups is 1. The summed E-state index contributed by atoms with van der Waals surface area (Å²) in [6.45, 7) is 0. The number of carbonyl (C=O) groups excluding carboxylic acids is 1. The van der Waals surface area contributed by atoms with Gasteiger partial charge < -0.3 is 4.74 Å². The standard InChI is InChI=1S/C14H10F2O2/c1-18-12-4-2-9(3-5-12)14-10(8-17)6-11(15)7-13(14)16/h2-8H,1H3. The van der Waals surface area contributed by atoms with Gasteiger partial charge in [0.1, 0.15) is 17.4 Å². The Kier molecular flexibility index (Phi) is 3.37. The molecule has 0 fully saturated rings. The van der Waals surface area contributed by atoms with Crippen LogP contribution in [0.3, 0.4) is 0 Å². The molecule has 2 aromatic rings. The molecule has 0 aliphatic rings. The molecule has 92 valence electrons. The summed E-state index contributed by atoms with van der Waals surface area (Å²) in [5.41, 5.74) is 0.571. The molecule has 0 saturated carbocycles. The van der Waals surface area contributed by atoms with E-state index in [0.29, 0.717) is 17.6 Å². The molecule has 2 nitrogen and oxygen atoms in total. The summed E-state index contributed by atoms with van der Waals surface area (Å²) in [6, 6.07) is 8.28. The Morgan fingerprint density at radius 3 is 2.33 bits per heavy atom. The summed E-state index contributed by atoms with van der Waals surface area (Å²) in [5.74, 6) is -0.914. The number of methoxy groups -OCH3 is 1. The van der Waals surface area contributed by atoms with Crippen LogP contribution in [0.25, 0.3) is 11.1 Å². The number of hydrogen-bond acceptors (Lipinski definition) is 2. The Morgan fingerprint density at radius 1 is 1.11 bits per heavy atom. The predicted molar refractivity (Wildman–Crippen MR) is 63.7 cm³/mol. The van der Waals surface area contributed by atoms with Crippen LogP contribution in [0.1, 0.15) is 10.4 Å². The topological polar surface area (TPSA) is 26.3 Å². The smallest absolute Gasteiger partial charge is 0.150 e. The SMILES string of the molecule is COc1ccc(-c2c(F)cc(F)cc2C=O)cc1. The maximum Gasteiger partial charge on any atom is 0.150 e. The van der Waals surface area contributed by atoms with Crippen LogP contribution in [-0.4, -0.2) is 13.4 Å². The van der Waals surface area contributed by atoms with E-state index in [4.69, 9.17) is 4.74 Å². The van der Waals surface area contributed by atoms with E-state index in [1.54, 1.807) is 24.3 Å². The average Bonchev–Trinajstić information content (AvgIpc) is 2.38. The van der Waals surface area contributed by atoms with Gasteiger partial charge in [-0.25, -0.2) is 8.78 Å². The number of hydrogen-bond donors (Lipinski definition) is 0. The molecule has 0 atom stereocenters. The normalized spacial score (nSPS) is 10.2. The molecule has 0 aliphatic carbocycles.